The number of hydrogen-bond acceptors (Lipinski definition) is 0. The Morgan fingerprint density at radius 3 is 2.30 bits per heavy atom. The minimum absolute atomic E-state index is 0.326. The maximum absolute atomic E-state index is 6.03. The van der Waals surface area contributed by atoms with Crippen LogP contribution in [0.4, 0.5) is 0 Å². The molecule has 20 heavy (non-hydrogen) atoms. The van der Waals surface area contributed by atoms with E-state index in [1.807, 2.05) is 18.2 Å². The van der Waals surface area contributed by atoms with Crippen molar-refractivity contribution in [2.75, 3.05) is 0 Å². The van der Waals surface area contributed by atoms with Gasteiger partial charge in [-0.15, -0.1) is 0 Å². The Morgan fingerprint density at radius 2 is 1.70 bits per heavy atom. The number of hydrogen-bond donors (Lipinski definition) is 0. The number of halogens is 2. The summed E-state index contributed by atoms with van der Waals surface area (Å²) in [6.45, 7) is 4.50. The van der Waals surface area contributed by atoms with Gasteiger partial charge in [0.1, 0.15) is 0 Å². The lowest BCUT2D eigenvalue weighted by Crippen LogP contribution is -1.97. The molecule has 0 saturated heterocycles. The van der Waals surface area contributed by atoms with E-state index in [9.17, 15) is 0 Å². The van der Waals surface area contributed by atoms with E-state index in [0.29, 0.717) is 10.7 Å². The molecule has 0 saturated carbocycles. The van der Waals surface area contributed by atoms with Gasteiger partial charge in [-0.2, -0.15) is 0 Å². The molecule has 0 aromatic heterocycles. The summed E-state index contributed by atoms with van der Waals surface area (Å²) < 4.78 is 0. The summed E-state index contributed by atoms with van der Waals surface area (Å²) in [5, 5.41) is 0.800. The number of rotatable bonds is 5. The van der Waals surface area contributed by atoms with E-state index in [4.69, 9.17) is 11.6 Å². The van der Waals surface area contributed by atoms with Gasteiger partial charge in [-0.1, -0.05) is 77.8 Å². The molecule has 2 atom stereocenters. The van der Waals surface area contributed by atoms with Gasteiger partial charge in [-0.05, 0) is 47.6 Å². The third-order valence-corrected chi connectivity index (χ3v) is 4.87. The summed E-state index contributed by atoms with van der Waals surface area (Å²) in [5.41, 5.74) is 3.99. The molecule has 0 aliphatic carbocycles. The minimum Gasteiger partial charge on any atom is -0.0843 e. The smallest absolute Gasteiger partial charge is 0.0435 e. The van der Waals surface area contributed by atoms with Gasteiger partial charge in [0.05, 0.1) is 0 Å². The average Bonchev–Trinajstić information content (AvgIpc) is 2.46. The van der Waals surface area contributed by atoms with E-state index in [-0.39, 0.29) is 0 Å². The van der Waals surface area contributed by atoms with Crippen LogP contribution in [0.1, 0.15) is 47.7 Å². The summed E-state index contributed by atoms with van der Waals surface area (Å²) in [5.74, 6) is 0.630. The second-order valence-corrected chi connectivity index (χ2v) is 6.82. The Bertz CT molecular complexity index is 548. The maximum Gasteiger partial charge on any atom is 0.0435 e. The molecule has 2 unspecified atom stereocenters. The Balaban J connectivity index is 2.07. The van der Waals surface area contributed by atoms with E-state index in [2.05, 4.69) is 60.1 Å². The first-order valence-corrected chi connectivity index (χ1v) is 8.38. The zero-order valence-corrected chi connectivity index (χ0v) is 14.3. The highest BCUT2D eigenvalue weighted by Crippen LogP contribution is 2.29. The Hall–Kier alpha value is -0.790. The van der Waals surface area contributed by atoms with E-state index in [1.54, 1.807) is 0 Å². The molecule has 2 aromatic carbocycles. The first-order chi connectivity index (χ1) is 9.60. The maximum atomic E-state index is 6.03. The summed E-state index contributed by atoms with van der Waals surface area (Å²) in [4.78, 5) is 0.326. The largest absolute Gasteiger partial charge is 0.0843 e. The summed E-state index contributed by atoms with van der Waals surface area (Å²) >= 11 is 9.81. The van der Waals surface area contributed by atoms with Crippen molar-refractivity contribution in [3.63, 3.8) is 0 Å². The fraction of sp³-hybridized carbons (Fsp3) is 0.333. The molecule has 0 radical (unpaired) electrons. The zero-order chi connectivity index (χ0) is 14.5. The topological polar surface area (TPSA) is 0 Å². The van der Waals surface area contributed by atoms with Crippen LogP contribution in [0, 0.1) is 0 Å². The molecule has 2 rings (SSSR count). The van der Waals surface area contributed by atoms with E-state index in [1.165, 1.54) is 23.1 Å². The predicted molar refractivity (Wildman–Crippen MR) is 92.0 cm³/mol. The van der Waals surface area contributed by atoms with Gasteiger partial charge in [-0.3, -0.25) is 0 Å². The molecule has 0 spiro atoms. The van der Waals surface area contributed by atoms with Crippen LogP contribution in [0.5, 0.6) is 0 Å². The molecular formula is C18H20BrCl. The van der Waals surface area contributed by atoms with Crippen molar-refractivity contribution in [3.8, 4) is 0 Å². The quantitative estimate of drug-likeness (QED) is 0.537. The van der Waals surface area contributed by atoms with Crippen molar-refractivity contribution in [2.24, 2.45) is 0 Å². The molecule has 0 bridgehead atoms. The molecule has 2 heteroatoms. The van der Waals surface area contributed by atoms with Crippen LogP contribution in [0.2, 0.25) is 5.02 Å². The number of benzene rings is 2. The Morgan fingerprint density at radius 1 is 1.05 bits per heavy atom. The second-order valence-electron chi connectivity index (χ2n) is 5.28. The summed E-state index contributed by atoms with van der Waals surface area (Å²) in [6, 6.07) is 17.0. The van der Waals surface area contributed by atoms with Crippen molar-refractivity contribution < 1.29 is 0 Å². The first-order valence-electron chi connectivity index (χ1n) is 7.08. The Kier molecular flexibility index (Phi) is 5.68. The lowest BCUT2D eigenvalue weighted by Gasteiger charge is -2.13. The fourth-order valence-electron chi connectivity index (χ4n) is 2.26. The second kappa shape index (κ2) is 7.28. The minimum atomic E-state index is 0.326. The van der Waals surface area contributed by atoms with Crippen LogP contribution < -0.4 is 0 Å². The first kappa shape index (κ1) is 15.6. The van der Waals surface area contributed by atoms with Gasteiger partial charge in [0.2, 0.25) is 0 Å². The van der Waals surface area contributed by atoms with Crippen molar-refractivity contribution in [1.82, 2.24) is 0 Å². The predicted octanol–water partition coefficient (Wildman–Crippen LogP) is 6.53. The van der Waals surface area contributed by atoms with Crippen LogP contribution in [0.25, 0.3) is 0 Å². The monoisotopic (exact) mass is 350 g/mol. The molecule has 0 nitrogen and oxygen atoms in total. The van der Waals surface area contributed by atoms with Crippen LogP contribution >= 0.6 is 27.5 Å². The van der Waals surface area contributed by atoms with Gasteiger partial charge in [0.15, 0.2) is 0 Å². The highest BCUT2D eigenvalue weighted by atomic mass is 79.9. The van der Waals surface area contributed by atoms with Crippen molar-refractivity contribution in [3.05, 3.63) is 70.2 Å². The third-order valence-electron chi connectivity index (χ3n) is 3.78. The van der Waals surface area contributed by atoms with Gasteiger partial charge >= 0.3 is 0 Å². The zero-order valence-electron chi connectivity index (χ0n) is 11.9. The number of alkyl halides is 1. The molecule has 0 fully saturated rings. The van der Waals surface area contributed by atoms with Crippen molar-refractivity contribution in [2.45, 2.75) is 37.4 Å². The SMILES string of the molecule is CCC(C)c1ccc(C(Br)Cc2cccc(Cl)c2)cc1. The van der Waals surface area contributed by atoms with Gasteiger partial charge < -0.3 is 0 Å². The standard InChI is InChI=1S/C18H20BrCl/c1-3-13(2)15-7-9-16(10-8-15)18(19)12-14-5-4-6-17(20)11-14/h4-11,13,18H,3,12H2,1-2H3. The Labute approximate surface area is 135 Å². The van der Waals surface area contributed by atoms with Gasteiger partial charge in [0.25, 0.3) is 0 Å². The molecule has 0 N–H and O–H groups in total. The molecule has 0 aliphatic heterocycles. The van der Waals surface area contributed by atoms with E-state index in [0.717, 1.165) is 11.4 Å². The van der Waals surface area contributed by atoms with Crippen LogP contribution in [0.15, 0.2) is 48.5 Å². The molecule has 0 aliphatic rings. The van der Waals surface area contributed by atoms with Crippen LogP contribution in [-0.2, 0) is 6.42 Å². The summed E-state index contributed by atoms with van der Waals surface area (Å²) in [7, 11) is 0. The molecule has 106 valence electrons. The van der Waals surface area contributed by atoms with Crippen molar-refractivity contribution >= 4 is 27.5 Å². The highest BCUT2D eigenvalue weighted by Gasteiger charge is 2.10. The highest BCUT2D eigenvalue weighted by molar-refractivity contribution is 9.09. The molecule has 0 amide bonds. The van der Waals surface area contributed by atoms with Gasteiger partial charge in [-0.25, -0.2) is 0 Å². The van der Waals surface area contributed by atoms with Crippen LogP contribution in [0.3, 0.4) is 0 Å². The molecule has 0 heterocycles. The van der Waals surface area contributed by atoms with Crippen molar-refractivity contribution in [1.29, 1.82) is 0 Å². The molecular weight excluding hydrogens is 332 g/mol. The average molecular weight is 352 g/mol. The normalized spacial score (nSPS) is 14.0. The van der Waals surface area contributed by atoms with E-state index >= 15 is 0 Å². The lowest BCUT2D eigenvalue weighted by atomic mass is 9.96. The molecule has 2 aromatic rings. The van der Waals surface area contributed by atoms with Crippen LogP contribution in [-0.4, -0.2) is 0 Å². The third kappa shape index (κ3) is 4.10. The van der Waals surface area contributed by atoms with E-state index < -0.39 is 0 Å². The van der Waals surface area contributed by atoms with Gasteiger partial charge in [0, 0.05) is 9.85 Å². The summed E-state index contributed by atoms with van der Waals surface area (Å²) in [6.07, 6.45) is 2.13. The lowest BCUT2D eigenvalue weighted by molar-refractivity contribution is 0.733. The fourth-order valence-corrected chi connectivity index (χ4v) is 3.15.